The van der Waals surface area contributed by atoms with E-state index >= 15 is 0 Å². The molecule has 2 heteroatoms. The Morgan fingerprint density at radius 3 is 2.65 bits per heavy atom. The number of benzene rings is 2. The lowest BCUT2D eigenvalue weighted by atomic mass is 9.96. The van der Waals surface area contributed by atoms with Crippen molar-refractivity contribution in [2.24, 2.45) is 5.41 Å². The Balaban J connectivity index is 1.96. The molecule has 0 aliphatic rings. The minimum atomic E-state index is -0.334. The quantitative estimate of drug-likeness (QED) is 0.848. The van der Waals surface area contributed by atoms with E-state index in [1.165, 1.54) is 16.3 Å². The van der Waals surface area contributed by atoms with E-state index in [9.17, 15) is 0 Å². The Labute approximate surface area is 139 Å². The first-order valence-corrected chi connectivity index (χ1v) is 7.95. The van der Waals surface area contributed by atoms with Crippen molar-refractivity contribution in [3.63, 3.8) is 0 Å². The van der Waals surface area contributed by atoms with Gasteiger partial charge in [-0.1, -0.05) is 60.4 Å². The van der Waals surface area contributed by atoms with Crippen LogP contribution in [0.1, 0.15) is 19.4 Å². The van der Waals surface area contributed by atoms with E-state index in [0.717, 1.165) is 13.1 Å². The van der Waals surface area contributed by atoms with E-state index in [2.05, 4.69) is 72.3 Å². The molecule has 1 N–H and O–H groups in total. The summed E-state index contributed by atoms with van der Waals surface area (Å²) in [5.41, 5.74) is 1.01. The van der Waals surface area contributed by atoms with Gasteiger partial charge in [0.05, 0.1) is 6.61 Å². The number of likely N-dealkylation sites (N-methyl/N-ethyl adjacent to an activating group) is 1. The lowest BCUT2D eigenvalue weighted by Gasteiger charge is -2.16. The lowest BCUT2D eigenvalue weighted by molar-refractivity contribution is 0.207. The molecule has 0 aromatic heterocycles. The summed E-state index contributed by atoms with van der Waals surface area (Å²) >= 11 is 0. The number of aliphatic hydroxyl groups excluding tert-OH is 1. The van der Waals surface area contributed by atoms with Gasteiger partial charge in [0.1, 0.15) is 0 Å². The van der Waals surface area contributed by atoms with Gasteiger partial charge in [0.25, 0.3) is 0 Å². The molecule has 0 saturated carbocycles. The van der Waals surface area contributed by atoms with Crippen LogP contribution in [0, 0.1) is 17.3 Å². The largest absolute Gasteiger partial charge is 0.395 e. The molecule has 0 atom stereocenters. The van der Waals surface area contributed by atoms with Crippen molar-refractivity contribution in [3.05, 3.63) is 60.2 Å². The Bertz CT molecular complexity index is 729. The van der Waals surface area contributed by atoms with Gasteiger partial charge in [-0.25, -0.2) is 0 Å². The highest BCUT2D eigenvalue weighted by Crippen LogP contribution is 2.19. The van der Waals surface area contributed by atoms with Crippen LogP contribution in [-0.2, 0) is 6.54 Å². The Morgan fingerprint density at radius 2 is 1.87 bits per heavy atom. The molecule has 0 aliphatic carbocycles. The standard InChI is InChI=1S/C21H25NO/c1-21(2,17-23)14-7-4-8-15-22(3)16-19-12-9-11-18-10-5-6-13-20(18)19/h4-6,8-13,23H,15-17H2,1-3H3/b8-4-. The van der Waals surface area contributed by atoms with Gasteiger partial charge < -0.3 is 5.11 Å². The van der Waals surface area contributed by atoms with Crippen LogP contribution in [0.15, 0.2) is 54.6 Å². The van der Waals surface area contributed by atoms with Gasteiger partial charge in [-0.05, 0) is 43.3 Å². The third kappa shape index (κ3) is 5.25. The van der Waals surface area contributed by atoms with Crippen molar-refractivity contribution in [2.75, 3.05) is 20.2 Å². The number of fused-ring (bicyclic) bond motifs is 1. The monoisotopic (exact) mass is 307 g/mol. The number of hydrogen-bond donors (Lipinski definition) is 1. The molecule has 0 saturated heterocycles. The highest BCUT2D eigenvalue weighted by atomic mass is 16.3. The zero-order chi connectivity index (χ0) is 16.7. The second kappa shape index (κ2) is 7.97. The number of aliphatic hydroxyl groups is 1. The Hall–Kier alpha value is -2.08. The van der Waals surface area contributed by atoms with Crippen LogP contribution in [0.4, 0.5) is 0 Å². The van der Waals surface area contributed by atoms with Crippen molar-refractivity contribution in [2.45, 2.75) is 20.4 Å². The molecule has 0 heterocycles. The van der Waals surface area contributed by atoms with Gasteiger partial charge in [0.2, 0.25) is 0 Å². The van der Waals surface area contributed by atoms with E-state index in [4.69, 9.17) is 5.11 Å². The predicted molar refractivity (Wildman–Crippen MR) is 98.1 cm³/mol. The third-order valence-electron chi connectivity index (χ3n) is 3.74. The number of rotatable bonds is 5. The average molecular weight is 307 g/mol. The summed E-state index contributed by atoms with van der Waals surface area (Å²) in [6, 6.07) is 14.9. The van der Waals surface area contributed by atoms with Crippen molar-refractivity contribution in [3.8, 4) is 11.8 Å². The first kappa shape index (κ1) is 17.3. The molecule has 0 fully saturated rings. The van der Waals surface area contributed by atoms with Crippen LogP contribution in [0.25, 0.3) is 10.8 Å². The summed E-state index contributed by atoms with van der Waals surface area (Å²) in [6.07, 6.45) is 3.93. The van der Waals surface area contributed by atoms with Gasteiger partial charge in [0.15, 0.2) is 0 Å². The second-order valence-corrected chi connectivity index (χ2v) is 6.55. The second-order valence-electron chi connectivity index (χ2n) is 6.55. The molecule has 0 radical (unpaired) electrons. The van der Waals surface area contributed by atoms with Crippen LogP contribution in [-0.4, -0.2) is 30.2 Å². The van der Waals surface area contributed by atoms with Gasteiger partial charge in [-0.15, -0.1) is 0 Å². The summed E-state index contributed by atoms with van der Waals surface area (Å²) in [5.74, 6) is 6.06. The van der Waals surface area contributed by atoms with Crippen LogP contribution in [0.3, 0.4) is 0 Å². The maximum Gasteiger partial charge on any atom is 0.0591 e. The minimum Gasteiger partial charge on any atom is -0.395 e. The SMILES string of the molecule is CN(C/C=C\C#CC(C)(C)CO)Cc1cccc2ccccc12. The zero-order valence-electron chi connectivity index (χ0n) is 14.2. The third-order valence-corrected chi connectivity index (χ3v) is 3.74. The van der Waals surface area contributed by atoms with Gasteiger partial charge in [0, 0.05) is 18.5 Å². The van der Waals surface area contributed by atoms with Crippen molar-refractivity contribution in [1.29, 1.82) is 0 Å². The fourth-order valence-electron chi connectivity index (χ4n) is 2.35. The molecule has 0 amide bonds. The number of allylic oxidation sites excluding steroid dienone is 1. The molecule has 0 spiro atoms. The smallest absolute Gasteiger partial charge is 0.0591 e. The number of hydrogen-bond acceptors (Lipinski definition) is 2. The maximum atomic E-state index is 9.15. The van der Waals surface area contributed by atoms with Crippen molar-refractivity contribution < 1.29 is 5.11 Å². The molecule has 23 heavy (non-hydrogen) atoms. The predicted octanol–water partition coefficient (Wildman–Crippen LogP) is 3.85. The highest BCUT2D eigenvalue weighted by Gasteiger charge is 2.10. The summed E-state index contributed by atoms with van der Waals surface area (Å²) in [6.45, 7) is 5.69. The average Bonchev–Trinajstić information content (AvgIpc) is 2.55. The molecule has 0 aliphatic heterocycles. The topological polar surface area (TPSA) is 23.5 Å². The van der Waals surface area contributed by atoms with Crippen molar-refractivity contribution >= 4 is 10.8 Å². The maximum absolute atomic E-state index is 9.15. The Morgan fingerprint density at radius 1 is 1.13 bits per heavy atom. The molecule has 2 aromatic rings. The van der Waals surface area contributed by atoms with Gasteiger partial charge >= 0.3 is 0 Å². The molecule has 2 rings (SSSR count). The summed E-state index contributed by atoms with van der Waals surface area (Å²) < 4.78 is 0. The van der Waals surface area contributed by atoms with E-state index in [-0.39, 0.29) is 12.0 Å². The first-order chi connectivity index (χ1) is 11.0. The molecule has 0 bridgehead atoms. The van der Waals surface area contributed by atoms with Crippen molar-refractivity contribution in [1.82, 2.24) is 4.90 Å². The molecule has 2 nitrogen and oxygen atoms in total. The summed E-state index contributed by atoms with van der Waals surface area (Å²) in [7, 11) is 2.11. The normalized spacial score (nSPS) is 11.9. The van der Waals surface area contributed by atoms with Crippen LogP contribution in [0.5, 0.6) is 0 Å². The van der Waals surface area contributed by atoms with Gasteiger partial charge in [-0.3, -0.25) is 4.90 Å². The van der Waals surface area contributed by atoms with Crippen LogP contribution >= 0.6 is 0 Å². The fraction of sp³-hybridized carbons (Fsp3) is 0.333. The van der Waals surface area contributed by atoms with Crippen LogP contribution in [0.2, 0.25) is 0 Å². The molecule has 120 valence electrons. The minimum absolute atomic E-state index is 0.0782. The zero-order valence-corrected chi connectivity index (χ0v) is 14.2. The van der Waals surface area contributed by atoms with E-state index in [1.807, 2.05) is 19.9 Å². The van der Waals surface area contributed by atoms with Gasteiger partial charge in [-0.2, -0.15) is 0 Å². The Kier molecular flexibility index (Phi) is 5.98. The lowest BCUT2D eigenvalue weighted by Crippen LogP contribution is -2.17. The van der Waals surface area contributed by atoms with E-state index in [0.29, 0.717) is 0 Å². The fourth-order valence-corrected chi connectivity index (χ4v) is 2.35. The molecule has 2 aromatic carbocycles. The molecular weight excluding hydrogens is 282 g/mol. The highest BCUT2D eigenvalue weighted by molar-refractivity contribution is 5.85. The van der Waals surface area contributed by atoms with Crippen LogP contribution < -0.4 is 0 Å². The first-order valence-electron chi connectivity index (χ1n) is 7.95. The molecule has 0 unspecified atom stereocenters. The molecular formula is C21H25NO. The van der Waals surface area contributed by atoms with E-state index < -0.39 is 0 Å². The van der Waals surface area contributed by atoms with E-state index in [1.54, 1.807) is 0 Å². The summed E-state index contributed by atoms with van der Waals surface area (Å²) in [4.78, 5) is 2.26. The number of nitrogens with zero attached hydrogens (tertiary/aromatic N) is 1. The summed E-state index contributed by atoms with van der Waals surface area (Å²) in [5, 5.41) is 11.8.